The van der Waals surface area contributed by atoms with Crippen LogP contribution in [0.2, 0.25) is 5.02 Å². The Hall–Kier alpha value is -2.11. The summed E-state index contributed by atoms with van der Waals surface area (Å²) in [6.45, 7) is 0.462. The smallest absolute Gasteiger partial charge is 0.186 e. The minimum Gasteiger partial charge on any atom is -0.489 e. The zero-order valence-corrected chi connectivity index (χ0v) is 13.6. The van der Waals surface area contributed by atoms with Crippen LogP contribution in [0.1, 0.15) is 11.1 Å². The molecule has 0 saturated heterocycles. The topological polar surface area (TPSA) is 45.7 Å². The number of hydrazone groups is 1. The van der Waals surface area contributed by atoms with E-state index in [2.05, 4.69) is 15.8 Å². The van der Waals surface area contributed by atoms with E-state index in [1.165, 1.54) is 0 Å². The van der Waals surface area contributed by atoms with Gasteiger partial charge < -0.3 is 10.1 Å². The lowest BCUT2D eigenvalue weighted by Crippen LogP contribution is -2.28. The molecule has 0 heterocycles. The van der Waals surface area contributed by atoms with Crippen LogP contribution in [0.4, 0.5) is 0 Å². The van der Waals surface area contributed by atoms with Gasteiger partial charge in [-0.2, -0.15) is 5.10 Å². The van der Waals surface area contributed by atoms with E-state index in [-0.39, 0.29) is 0 Å². The molecule has 2 aromatic rings. The summed E-state index contributed by atoms with van der Waals surface area (Å²) in [5.41, 5.74) is 4.63. The van der Waals surface area contributed by atoms with Crippen molar-refractivity contribution in [3.8, 4) is 5.75 Å². The van der Waals surface area contributed by atoms with Crippen LogP contribution in [0, 0.1) is 0 Å². The maximum absolute atomic E-state index is 5.95. The van der Waals surface area contributed by atoms with Gasteiger partial charge in [0.05, 0.1) is 6.21 Å². The number of nitrogens with one attached hydrogen (secondary N) is 2. The van der Waals surface area contributed by atoms with Crippen molar-refractivity contribution in [3.63, 3.8) is 0 Å². The van der Waals surface area contributed by atoms with Gasteiger partial charge in [-0.25, -0.2) is 0 Å². The molecule has 0 spiro atoms. The van der Waals surface area contributed by atoms with Gasteiger partial charge in [0, 0.05) is 12.1 Å². The monoisotopic (exact) mass is 333 g/mol. The van der Waals surface area contributed by atoms with Gasteiger partial charge in [0.15, 0.2) is 5.11 Å². The molecule has 0 aromatic heterocycles. The van der Waals surface area contributed by atoms with Gasteiger partial charge in [0.1, 0.15) is 12.4 Å². The molecule has 2 aromatic carbocycles. The van der Waals surface area contributed by atoms with Crippen LogP contribution in [0.3, 0.4) is 0 Å². The molecule has 0 unspecified atom stereocenters. The van der Waals surface area contributed by atoms with Gasteiger partial charge in [0.2, 0.25) is 0 Å². The number of hydrogen-bond donors (Lipinski definition) is 2. The summed E-state index contributed by atoms with van der Waals surface area (Å²) in [5, 5.41) is 7.97. The fourth-order valence-electron chi connectivity index (χ4n) is 1.70. The second-order valence-electron chi connectivity index (χ2n) is 4.44. The molecular formula is C16H16ClN3OS. The summed E-state index contributed by atoms with van der Waals surface area (Å²) < 4.78 is 5.76. The fourth-order valence-corrected chi connectivity index (χ4v) is 1.96. The van der Waals surface area contributed by atoms with Crippen molar-refractivity contribution < 1.29 is 4.74 Å². The third kappa shape index (κ3) is 5.35. The number of hydrogen-bond acceptors (Lipinski definition) is 3. The maximum Gasteiger partial charge on any atom is 0.186 e. The average Bonchev–Trinajstić information content (AvgIpc) is 2.53. The lowest BCUT2D eigenvalue weighted by Gasteiger charge is -2.07. The Morgan fingerprint density at radius 3 is 2.86 bits per heavy atom. The molecule has 4 nitrogen and oxygen atoms in total. The van der Waals surface area contributed by atoms with Crippen molar-refractivity contribution in [2.75, 3.05) is 7.05 Å². The lowest BCUT2D eigenvalue weighted by atomic mass is 10.2. The Kier molecular flexibility index (Phi) is 6.18. The molecule has 0 fully saturated rings. The van der Waals surface area contributed by atoms with Crippen LogP contribution in [0.5, 0.6) is 5.75 Å². The number of thiocarbonyl (C=S) groups is 1. The Bertz CT molecular complexity index is 676. The number of rotatable bonds is 5. The first-order valence-corrected chi connectivity index (χ1v) is 7.44. The van der Waals surface area contributed by atoms with E-state index in [0.29, 0.717) is 16.7 Å². The van der Waals surface area contributed by atoms with Crippen LogP contribution >= 0.6 is 23.8 Å². The Morgan fingerprint density at radius 2 is 2.09 bits per heavy atom. The van der Waals surface area contributed by atoms with E-state index >= 15 is 0 Å². The molecular weight excluding hydrogens is 318 g/mol. The summed E-state index contributed by atoms with van der Waals surface area (Å²) in [6, 6.07) is 15.2. The predicted molar refractivity (Wildman–Crippen MR) is 94.6 cm³/mol. The quantitative estimate of drug-likeness (QED) is 0.500. The standard InChI is InChI=1S/C16H16ClN3OS/c1-18-16(22)20-19-10-12-4-3-7-15(9-12)21-11-13-5-2-6-14(17)8-13/h2-10H,11H2,1H3,(H2,18,20,22)/b19-10-. The lowest BCUT2D eigenvalue weighted by molar-refractivity contribution is 0.306. The number of ether oxygens (including phenoxy) is 1. The molecule has 0 amide bonds. The molecule has 6 heteroatoms. The fraction of sp³-hybridized carbons (Fsp3) is 0.125. The van der Waals surface area contributed by atoms with E-state index in [4.69, 9.17) is 28.6 Å². The first-order valence-electron chi connectivity index (χ1n) is 6.65. The van der Waals surface area contributed by atoms with E-state index < -0.39 is 0 Å². The highest BCUT2D eigenvalue weighted by Gasteiger charge is 1.98. The summed E-state index contributed by atoms with van der Waals surface area (Å²) in [5.74, 6) is 0.764. The van der Waals surface area contributed by atoms with Crippen molar-refractivity contribution in [1.82, 2.24) is 10.7 Å². The van der Waals surface area contributed by atoms with Gasteiger partial charge in [0.25, 0.3) is 0 Å². The molecule has 0 aliphatic rings. The third-order valence-electron chi connectivity index (χ3n) is 2.76. The van der Waals surface area contributed by atoms with Crippen molar-refractivity contribution in [3.05, 3.63) is 64.7 Å². The van der Waals surface area contributed by atoms with Crippen molar-refractivity contribution in [2.24, 2.45) is 5.10 Å². The van der Waals surface area contributed by atoms with Gasteiger partial charge in [-0.15, -0.1) is 0 Å². The molecule has 2 N–H and O–H groups in total. The second-order valence-corrected chi connectivity index (χ2v) is 5.28. The molecule has 0 saturated carbocycles. The van der Waals surface area contributed by atoms with Crippen LogP contribution in [0.15, 0.2) is 53.6 Å². The van der Waals surface area contributed by atoms with E-state index in [1.54, 1.807) is 13.3 Å². The van der Waals surface area contributed by atoms with Gasteiger partial charge in [-0.05, 0) is 47.6 Å². The first-order chi connectivity index (χ1) is 10.7. The van der Waals surface area contributed by atoms with Gasteiger partial charge >= 0.3 is 0 Å². The Balaban J connectivity index is 1.95. The number of halogens is 1. The summed E-state index contributed by atoms with van der Waals surface area (Å²) in [7, 11) is 1.73. The minimum atomic E-state index is 0.462. The highest BCUT2D eigenvalue weighted by molar-refractivity contribution is 7.80. The largest absolute Gasteiger partial charge is 0.489 e. The minimum absolute atomic E-state index is 0.462. The number of benzene rings is 2. The van der Waals surface area contributed by atoms with E-state index in [1.807, 2.05) is 48.5 Å². The highest BCUT2D eigenvalue weighted by atomic mass is 35.5. The molecule has 0 aliphatic carbocycles. The van der Waals surface area contributed by atoms with Gasteiger partial charge in [-0.1, -0.05) is 35.9 Å². The molecule has 114 valence electrons. The van der Waals surface area contributed by atoms with Crippen LogP contribution in [-0.2, 0) is 6.61 Å². The molecule has 0 radical (unpaired) electrons. The molecule has 0 atom stereocenters. The van der Waals surface area contributed by atoms with Crippen LogP contribution in [0.25, 0.3) is 0 Å². The molecule has 22 heavy (non-hydrogen) atoms. The third-order valence-corrected chi connectivity index (χ3v) is 3.29. The molecule has 0 bridgehead atoms. The summed E-state index contributed by atoms with van der Waals surface area (Å²) in [6.07, 6.45) is 1.68. The van der Waals surface area contributed by atoms with Crippen molar-refractivity contribution in [1.29, 1.82) is 0 Å². The molecule has 2 rings (SSSR count). The first kappa shape index (κ1) is 16.3. The average molecular weight is 334 g/mol. The van der Waals surface area contributed by atoms with Crippen molar-refractivity contribution in [2.45, 2.75) is 6.61 Å². The van der Waals surface area contributed by atoms with Gasteiger partial charge in [-0.3, -0.25) is 5.43 Å². The molecule has 0 aliphatic heterocycles. The summed E-state index contributed by atoms with van der Waals surface area (Å²) in [4.78, 5) is 0. The van der Waals surface area contributed by atoms with E-state index in [0.717, 1.165) is 16.9 Å². The van der Waals surface area contributed by atoms with Crippen LogP contribution < -0.4 is 15.5 Å². The Morgan fingerprint density at radius 1 is 1.27 bits per heavy atom. The predicted octanol–water partition coefficient (Wildman–Crippen LogP) is 3.35. The highest BCUT2D eigenvalue weighted by Crippen LogP contribution is 2.16. The van der Waals surface area contributed by atoms with Crippen molar-refractivity contribution >= 4 is 35.1 Å². The summed E-state index contributed by atoms with van der Waals surface area (Å²) >= 11 is 10.9. The Labute approximate surface area is 140 Å². The van der Waals surface area contributed by atoms with Crippen LogP contribution in [-0.4, -0.2) is 18.4 Å². The normalized spacial score (nSPS) is 10.5. The van der Waals surface area contributed by atoms with E-state index in [9.17, 15) is 0 Å². The maximum atomic E-state index is 5.95. The zero-order valence-electron chi connectivity index (χ0n) is 12.0. The zero-order chi connectivity index (χ0) is 15.8. The second kappa shape index (κ2) is 8.36. The number of nitrogens with zero attached hydrogens (tertiary/aromatic N) is 1. The SMILES string of the molecule is CNC(=S)N/N=C\c1cccc(OCc2cccc(Cl)c2)c1.